The number of carbonyl (C=O) groups excluding carboxylic acids is 1. The first-order chi connectivity index (χ1) is 14.4. The lowest BCUT2D eigenvalue weighted by atomic mass is 9.92. The number of piperidine rings is 1. The van der Waals surface area contributed by atoms with Crippen LogP contribution in [0.1, 0.15) is 56.9 Å². The summed E-state index contributed by atoms with van der Waals surface area (Å²) in [4.78, 5) is 35.4. The van der Waals surface area contributed by atoms with Gasteiger partial charge in [0.15, 0.2) is 5.16 Å². The Hall–Kier alpha value is -1.60. The van der Waals surface area contributed by atoms with E-state index < -0.39 is 0 Å². The third-order valence-corrected chi connectivity index (χ3v) is 8.63. The molecule has 3 heterocycles. The van der Waals surface area contributed by atoms with E-state index in [-0.39, 0.29) is 17.5 Å². The molecule has 7 heteroatoms. The lowest BCUT2D eigenvalue weighted by Crippen LogP contribution is -2.46. The Labute approximate surface area is 186 Å². The highest BCUT2D eigenvalue weighted by atomic mass is 32.2. The molecule has 2 aromatic rings. The van der Waals surface area contributed by atoms with Gasteiger partial charge in [-0.25, -0.2) is 4.98 Å². The molecule has 30 heavy (non-hydrogen) atoms. The van der Waals surface area contributed by atoms with Gasteiger partial charge in [-0.05, 0) is 63.9 Å². The van der Waals surface area contributed by atoms with Crippen LogP contribution in [-0.2, 0) is 24.2 Å². The maximum absolute atomic E-state index is 13.4. The summed E-state index contributed by atoms with van der Waals surface area (Å²) in [5.41, 5.74) is 2.14. The molecule has 1 aliphatic carbocycles. The SMILES string of the molecule is C=C(C)Cn1c(SCC(=O)N2CCCC(C)[C@H]2C)nc2sc3c(c2c1=O)CCCC3. The lowest BCUT2D eigenvalue weighted by molar-refractivity contribution is -0.132. The van der Waals surface area contributed by atoms with Crippen molar-refractivity contribution in [2.75, 3.05) is 12.3 Å². The first-order valence-corrected chi connectivity index (χ1v) is 12.8. The van der Waals surface area contributed by atoms with Crippen molar-refractivity contribution in [1.29, 1.82) is 0 Å². The van der Waals surface area contributed by atoms with Crippen molar-refractivity contribution >= 4 is 39.2 Å². The molecule has 2 aromatic heterocycles. The number of nitrogens with zero attached hydrogens (tertiary/aromatic N) is 3. The molecule has 2 atom stereocenters. The second-order valence-electron chi connectivity index (χ2n) is 8.87. The van der Waals surface area contributed by atoms with Gasteiger partial charge in [-0.2, -0.15) is 0 Å². The summed E-state index contributed by atoms with van der Waals surface area (Å²) < 4.78 is 1.73. The first kappa shape index (κ1) is 21.6. The van der Waals surface area contributed by atoms with Gasteiger partial charge in [0.05, 0.1) is 11.1 Å². The molecule has 0 radical (unpaired) electrons. The van der Waals surface area contributed by atoms with Crippen molar-refractivity contribution < 1.29 is 4.79 Å². The van der Waals surface area contributed by atoms with Crippen LogP contribution in [-0.4, -0.2) is 38.7 Å². The second kappa shape index (κ2) is 8.87. The van der Waals surface area contributed by atoms with Gasteiger partial charge in [-0.3, -0.25) is 14.2 Å². The Kier molecular flexibility index (Phi) is 6.39. The summed E-state index contributed by atoms with van der Waals surface area (Å²) in [6.45, 7) is 11.6. The smallest absolute Gasteiger partial charge is 0.263 e. The van der Waals surface area contributed by atoms with E-state index in [1.54, 1.807) is 15.9 Å². The molecule has 5 nitrogen and oxygen atoms in total. The second-order valence-corrected chi connectivity index (χ2v) is 10.9. The van der Waals surface area contributed by atoms with Gasteiger partial charge >= 0.3 is 0 Å². The molecule has 2 aliphatic rings. The minimum absolute atomic E-state index is 0.0253. The van der Waals surface area contributed by atoms with Crippen LogP contribution >= 0.6 is 23.1 Å². The van der Waals surface area contributed by atoms with Crippen LogP contribution < -0.4 is 5.56 Å². The van der Waals surface area contributed by atoms with Gasteiger partial charge in [0.1, 0.15) is 4.83 Å². The van der Waals surface area contributed by atoms with Crippen molar-refractivity contribution in [3.63, 3.8) is 0 Å². The van der Waals surface area contributed by atoms with E-state index >= 15 is 0 Å². The van der Waals surface area contributed by atoms with Crippen molar-refractivity contribution in [3.05, 3.63) is 32.9 Å². The fourth-order valence-electron chi connectivity index (χ4n) is 4.64. The van der Waals surface area contributed by atoms with Gasteiger partial charge in [-0.1, -0.05) is 30.8 Å². The highest BCUT2D eigenvalue weighted by Gasteiger charge is 2.29. The fraction of sp³-hybridized carbons (Fsp3) is 0.609. The minimum atomic E-state index is 0.0253. The molecule has 0 saturated carbocycles. The van der Waals surface area contributed by atoms with E-state index in [9.17, 15) is 9.59 Å². The number of likely N-dealkylation sites (tertiary alicyclic amines) is 1. The number of aryl methyl sites for hydroxylation is 2. The van der Waals surface area contributed by atoms with Crippen LogP contribution in [0.15, 0.2) is 22.1 Å². The molecule has 1 unspecified atom stereocenters. The summed E-state index contributed by atoms with van der Waals surface area (Å²) in [6, 6.07) is 0.268. The number of rotatable bonds is 5. The third-order valence-electron chi connectivity index (χ3n) is 6.49. The van der Waals surface area contributed by atoms with Crippen LogP contribution in [0.2, 0.25) is 0 Å². The maximum Gasteiger partial charge on any atom is 0.263 e. The molecule has 1 saturated heterocycles. The van der Waals surface area contributed by atoms with E-state index in [1.807, 2.05) is 11.8 Å². The highest BCUT2D eigenvalue weighted by Crippen LogP contribution is 2.35. The zero-order chi connectivity index (χ0) is 21.4. The number of thioether (sulfide) groups is 1. The molecule has 4 rings (SSSR count). The number of hydrogen-bond donors (Lipinski definition) is 0. The van der Waals surface area contributed by atoms with Gasteiger partial charge in [0.25, 0.3) is 5.56 Å². The molecule has 0 spiro atoms. The lowest BCUT2D eigenvalue weighted by Gasteiger charge is -2.38. The Morgan fingerprint density at radius 1 is 1.27 bits per heavy atom. The average Bonchev–Trinajstić information content (AvgIpc) is 3.09. The number of carbonyl (C=O) groups is 1. The Balaban J connectivity index is 1.65. The molecule has 0 N–H and O–H groups in total. The van der Waals surface area contributed by atoms with Gasteiger partial charge in [0, 0.05) is 24.0 Å². The first-order valence-electron chi connectivity index (χ1n) is 11.0. The summed E-state index contributed by atoms with van der Waals surface area (Å²) in [5.74, 6) is 0.984. The number of amides is 1. The number of hydrogen-bond acceptors (Lipinski definition) is 5. The summed E-state index contributed by atoms with van der Waals surface area (Å²) >= 11 is 3.06. The summed E-state index contributed by atoms with van der Waals surface area (Å²) in [7, 11) is 0. The zero-order valence-electron chi connectivity index (χ0n) is 18.2. The number of thiophene rings is 1. The predicted molar refractivity (Wildman–Crippen MR) is 126 cm³/mol. The Morgan fingerprint density at radius 2 is 2.03 bits per heavy atom. The van der Waals surface area contributed by atoms with E-state index in [2.05, 4.69) is 20.4 Å². The van der Waals surface area contributed by atoms with Crippen molar-refractivity contribution in [3.8, 4) is 0 Å². The molecule has 1 aliphatic heterocycles. The van der Waals surface area contributed by atoms with Crippen LogP contribution in [0.5, 0.6) is 0 Å². The quantitative estimate of drug-likeness (QED) is 0.382. The van der Waals surface area contributed by atoms with Crippen LogP contribution in [0.25, 0.3) is 10.2 Å². The van der Waals surface area contributed by atoms with E-state index in [4.69, 9.17) is 4.98 Å². The fourth-order valence-corrected chi connectivity index (χ4v) is 6.82. The van der Waals surface area contributed by atoms with Crippen LogP contribution in [0, 0.1) is 5.92 Å². The number of allylic oxidation sites excluding steroid dienone is 1. The average molecular weight is 446 g/mol. The molecular formula is C23H31N3O2S2. The van der Waals surface area contributed by atoms with E-state index in [1.165, 1.54) is 35.0 Å². The highest BCUT2D eigenvalue weighted by molar-refractivity contribution is 7.99. The van der Waals surface area contributed by atoms with Gasteiger partial charge in [0.2, 0.25) is 5.91 Å². The minimum Gasteiger partial charge on any atom is -0.339 e. The monoisotopic (exact) mass is 445 g/mol. The predicted octanol–water partition coefficient (Wildman–Crippen LogP) is 4.65. The van der Waals surface area contributed by atoms with Crippen molar-refractivity contribution in [2.45, 2.75) is 77.0 Å². The van der Waals surface area contributed by atoms with Gasteiger partial charge in [-0.15, -0.1) is 11.3 Å². The standard InChI is InChI=1S/C23H31N3O2S2/c1-14(2)12-26-22(28)20-17-9-5-6-10-18(17)30-21(20)24-23(26)29-13-19(27)25-11-7-8-15(3)16(25)4/h15-16H,1,5-13H2,2-4H3/t15?,16-/m1/s1. The van der Waals surface area contributed by atoms with Crippen LogP contribution in [0.3, 0.4) is 0 Å². The number of fused-ring (bicyclic) bond motifs is 3. The van der Waals surface area contributed by atoms with E-state index in [0.29, 0.717) is 23.4 Å². The molecule has 1 fully saturated rings. The molecule has 162 valence electrons. The van der Waals surface area contributed by atoms with Crippen molar-refractivity contribution in [2.24, 2.45) is 5.92 Å². The zero-order valence-corrected chi connectivity index (χ0v) is 19.8. The Bertz CT molecular complexity index is 1040. The molecular weight excluding hydrogens is 414 g/mol. The van der Waals surface area contributed by atoms with Gasteiger partial charge < -0.3 is 4.90 Å². The van der Waals surface area contributed by atoms with Crippen LogP contribution in [0.4, 0.5) is 0 Å². The molecule has 0 aromatic carbocycles. The number of aromatic nitrogens is 2. The topological polar surface area (TPSA) is 55.2 Å². The normalized spacial score (nSPS) is 21.6. The largest absolute Gasteiger partial charge is 0.339 e. The molecule has 0 bridgehead atoms. The third kappa shape index (κ3) is 4.11. The Morgan fingerprint density at radius 3 is 2.80 bits per heavy atom. The molecule has 1 amide bonds. The summed E-state index contributed by atoms with van der Waals surface area (Å²) in [5, 5.41) is 1.44. The maximum atomic E-state index is 13.4. The summed E-state index contributed by atoms with van der Waals surface area (Å²) in [6.07, 6.45) is 6.57. The van der Waals surface area contributed by atoms with Crippen molar-refractivity contribution in [1.82, 2.24) is 14.5 Å². The van der Waals surface area contributed by atoms with E-state index in [0.717, 1.165) is 48.0 Å².